The third-order valence-corrected chi connectivity index (χ3v) is 5.00. The maximum atomic E-state index is 11.7. The summed E-state index contributed by atoms with van der Waals surface area (Å²) < 4.78 is 1.76. The number of aromatic nitrogens is 1. The Labute approximate surface area is 167 Å². The van der Waals surface area contributed by atoms with Gasteiger partial charge < -0.3 is 19.7 Å². The second kappa shape index (κ2) is 10.5. The molecule has 1 aliphatic rings. The molecule has 0 bridgehead atoms. The number of nitrogens with zero attached hydrogens (tertiary/aromatic N) is 4. The van der Waals surface area contributed by atoms with Crippen LogP contribution in [-0.2, 0) is 6.54 Å². The van der Waals surface area contributed by atoms with Gasteiger partial charge in [-0.15, -0.1) is 0 Å². The normalized spacial score (nSPS) is 15.0. The van der Waals surface area contributed by atoms with Crippen molar-refractivity contribution in [3.63, 3.8) is 0 Å². The summed E-state index contributed by atoms with van der Waals surface area (Å²) in [5.74, 6) is 1.01. The Morgan fingerprint density at radius 3 is 2.46 bits per heavy atom. The minimum absolute atomic E-state index is 0.0654. The first-order valence-electron chi connectivity index (χ1n) is 10.3. The molecule has 0 amide bonds. The quantitative estimate of drug-likeness (QED) is 0.455. The fourth-order valence-electron chi connectivity index (χ4n) is 3.47. The van der Waals surface area contributed by atoms with Gasteiger partial charge in [-0.3, -0.25) is 9.79 Å². The third-order valence-electron chi connectivity index (χ3n) is 5.00. The average Bonchev–Trinajstić information content (AvgIpc) is 2.75. The molecule has 1 N–H and O–H groups in total. The Kier molecular flexibility index (Phi) is 7.53. The third kappa shape index (κ3) is 5.62. The fraction of sp³-hybridized carbons (Fsp3) is 0.455. The molecule has 0 saturated carbocycles. The molecule has 1 aromatic carbocycles. The molecule has 0 aliphatic carbocycles. The van der Waals surface area contributed by atoms with Gasteiger partial charge in [0.05, 0.1) is 0 Å². The van der Waals surface area contributed by atoms with Crippen LogP contribution in [0.1, 0.15) is 19.8 Å². The zero-order chi connectivity index (χ0) is 19.6. The molecule has 0 spiro atoms. The number of hydrogen-bond donors (Lipinski definition) is 1. The molecule has 1 saturated heterocycles. The minimum atomic E-state index is 0.0654. The summed E-state index contributed by atoms with van der Waals surface area (Å²) in [7, 11) is 0. The predicted octanol–water partition coefficient (Wildman–Crippen LogP) is 2.42. The van der Waals surface area contributed by atoms with E-state index < -0.39 is 0 Å². The molecule has 2 heterocycles. The van der Waals surface area contributed by atoms with Gasteiger partial charge in [0.25, 0.3) is 0 Å². The second-order valence-corrected chi connectivity index (χ2v) is 6.98. The molecule has 0 unspecified atom stereocenters. The van der Waals surface area contributed by atoms with Gasteiger partial charge in [-0.1, -0.05) is 24.3 Å². The number of piperazine rings is 1. The van der Waals surface area contributed by atoms with Crippen molar-refractivity contribution in [2.45, 2.75) is 26.3 Å². The molecule has 1 aliphatic heterocycles. The highest BCUT2D eigenvalue weighted by Gasteiger charge is 2.19. The molecule has 150 valence electrons. The maximum Gasteiger partial charge on any atom is 0.250 e. The van der Waals surface area contributed by atoms with Crippen LogP contribution < -0.4 is 15.8 Å². The molecular weight excluding hydrogens is 350 g/mol. The van der Waals surface area contributed by atoms with Crippen LogP contribution in [-0.4, -0.2) is 54.7 Å². The van der Waals surface area contributed by atoms with Gasteiger partial charge in [0, 0.05) is 63.8 Å². The van der Waals surface area contributed by atoms with Crippen molar-refractivity contribution in [2.24, 2.45) is 4.99 Å². The van der Waals surface area contributed by atoms with Crippen LogP contribution in [0.2, 0.25) is 0 Å². The van der Waals surface area contributed by atoms with Crippen LogP contribution in [0.4, 0.5) is 5.69 Å². The summed E-state index contributed by atoms with van der Waals surface area (Å²) in [6.07, 6.45) is 3.77. The molecular formula is C22H31N5O. The van der Waals surface area contributed by atoms with E-state index in [2.05, 4.69) is 52.4 Å². The highest BCUT2D eigenvalue weighted by atomic mass is 16.1. The van der Waals surface area contributed by atoms with E-state index in [1.54, 1.807) is 16.7 Å². The lowest BCUT2D eigenvalue weighted by Gasteiger charge is -2.37. The summed E-state index contributed by atoms with van der Waals surface area (Å²) in [6, 6.07) is 15.9. The lowest BCUT2D eigenvalue weighted by molar-refractivity contribution is 0.372. The van der Waals surface area contributed by atoms with Crippen molar-refractivity contribution < 1.29 is 0 Å². The van der Waals surface area contributed by atoms with Gasteiger partial charge in [-0.2, -0.15) is 0 Å². The smallest absolute Gasteiger partial charge is 0.250 e. The fourth-order valence-corrected chi connectivity index (χ4v) is 3.47. The lowest BCUT2D eigenvalue weighted by Crippen LogP contribution is -2.52. The monoisotopic (exact) mass is 381 g/mol. The van der Waals surface area contributed by atoms with E-state index in [1.807, 2.05) is 12.3 Å². The zero-order valence-corrected chi connectivity index (χ0v) is 16.8. The van der Waals surface area contributed by atoms with Crippen molar-refractivity contribution >= 4 is 11.6 Å². The first-order chi connectivity index (χ1) is 13.8. The maximum absolute atomic E-state index is 11.7. The van der Waals surface area contributed by atoms with Gasteiger partial charge in [-0.05, 0) is 38.0 Å². The van der Waals surface area contributed by atoms with Gasteiger partial charge in [-0.25, -0.2) is 0 Å². The Balaban J connectivity index is 1.46. The van der Waals surface area contributed by atoms with E-state index in [0.717, 1.165) is 64.6 Å². The molecule has 3 rings (SSSR count). The Morgan fingerprint density at radius 2 is 1.75 bits per heavy atom. The molecule has 2 aromatic rings. The minimum Gasteiger partial charge on any atom is -0.368 e. The van der Waals surface area contributed by atoms with Crippen molar-refractivity contribution in [2.75, 3.05) is 44.2 Å². The number of rotatable bonds is 7. The topological polar surface area (TPSA) is 52.9 Å². The Hall–Kier alpha value is -2.76. The van der Waals surface area contributed by atoms with Gasteiger partial charge in [0.15, 0.2) is 5.96 Å². The molecule has 28 heavy (non-hydrogen) atoms. The summed E-state index contributed by atoms with van der Waals surface area (Å²) >= 11 is 0. The van der Waals surface area contributed by atoms with Gasteiger partial charge in [0.2, 0.25) is 5.56 Å². The number of anilines is 1. The molecule has 0 radical (unpaired) electrons. The van der Waals surface area contributed by atoms with Crippen LogP contribution in [0, 0.1) is 0 Å². The van der Waals surface area contributed by atoms with Crippen molar-refractivity contribution in [1.29, 1.82) is 0 Å². The van der Waals surface area contributed by atoms with Crippen LogP contribution >= 0.6 is 0 Å². The van der Waals surface area contributed by atoms with Gasteiger partial charge in [0.1, 0.15) is 0 Å². The van der Waals surface area contributed by atoms with Crippen molar-refractivity contribution in [3.05, 3.63) is 65.1 Å². The number of aryl methyl sites for hydroxylation is 1. The standard InChI is InChI=1S/C22H31N5O/c1-2-23-22(24-13-7-9-15-26-14-8-6-12-21(26)28)27-18-16-25(17-19-27)20-10-4-3-5-11-20/h3-6,8,10-12,14H,2,7,9,13,15-19H2,1H3,(H,23,24). The van der Waals surface area contributed by atoms with Gasteiger partial charge >= 0.3 is 0 Å². The van der Waals surface area contributed by atoms with Crippen molar-refractivity contribution in [3.8, 4) is 0 Å². The first kappa shape index (κ1) is 20.0. The van der Waals surface area contributed by atoms with E-state index in [-0.39, 0.29) is 5.56 Å². The summed E-state index contributed by atoms with van der Waals surface area (Å²) in [6.45, 7) is 8.47. The van der Waals surface area contributed by atoms with E-state index in [4.69, 9.17) is 4.99 Å². The SMILES string of the molecule is CCNC(=NCCCCn1ccccc1=O)N1CCN(c2ccccc2)CC1. The zero-order valence-electron chi connectivity index (χ0n) is 16.8. The first-order valence-corrected chi connectivity index (χ1v) is 10.3. The molecule has 1 fully saturated rings. The summed E-state index contributed by atoms with van der Waals surface area (Å²) in [4.78, 5) is 21.3. The van der Waals surface area contributed by atoms with E-state index >= 15 is 0 Å². The number of benzene rings is 1. The highest BCUT2D eigenvalue weighted by Crippen LogP contribution is 2.15. The number of pyridine rings is 1. The number of guanidine groups is 1. The number of hydrogen-bond acceptors (Lipinski definition) is 3. The summed E-state index contributed by atoms with van der Waals surface area (Å²) in [5, 5.41) is 3.43. The molecule has 1 aromatic heterocycles. The van der Waals surface area contributed by atoms with E-state index in [9.17, 15) is 4.79 Å². The molecule has 6 heteroatoms. The number of para-hydroxylation sites is 1. The second-order valence-electron chi connectivity index (χ2n) is 6.98. The summed E-state index contributed by atoms with van der Waals surface area (Å²) in [5.41, 5.74) is 1.36. The highest BCUT2D eigenvalue weighted by molar-refractivity contribution is 5.80. The average molecular weight is 382 g/mol. The molecule has 0 atom stereocenters. The largest absolute Gasteiger partial charge is 0.368 e. The van der Waals surface area contributed by atoms with Crippen LogP contribution in [0.25, 0.3) is 0 Å². The van der Waals surface area contributed by atoms with Crippen LogP contribution in [0.5, 0.6) is 0 Å². The van der Waals surface area contributed by atoms with E-state index in [1.165, 1.54) is 5.69 Å². The number of aliphatic imine (C=N–C) groups is 1. The predicted molar refractivity (Wildman–Crippen MR) is 116 cm³/mol. The van der Waals surface area contributed by atoms with E-state index in [0.29, 0.717) is 0 Å². The Bertz CT molecular complexity index is 794. The van der Waals surface area contributed by atoms with Crippen LogP contribution in [0.3, 0.4) is 0 Å². The van der Waals surface area contributed by atoms with Crippen molar-refractivity contribution in [1.82, 2.24) is 14.8 Å². The molecule has 6 nitrogen and oxygen atoms in total. The van der Waals surface area contributed by atoms with Crippen LogP contribution in [0.15, 0.2) is 64.5 Å². The number of unbranched alkanes of at least 4 members (excludes halogenated alkanes) is 1. The number of nitrogens with one attached hydrogen (secondary N) is 1. The lowest BCUT2D eigenvalue weighted by atomic mass is 10.2. The Morgan fingerprint density at radius 1 is 1.00 bits per heavy atom.